The molecule has 2 nitrogen and oxygen atoms in total. The molecule has 1 atom stereocenters. The molecule has 0 aliphatic rings. The highest BCUT2D eigenvalue weighted by Crippen LogP contribution is 2.20. The maximum atomic E-state index is 6.01. The van der Waals surface area contributed by atoms with E-state index in [-0.39, 0.29) is 5.41 Å². The van der Waals surface area contributed by atoms with E-state index in [1.54, 1.807) is 7.11 Å². The summed E-state index contributed by atoms with van der Waals surface area (Å²) < 4.78 is 4.97. The van der Waals surface area contributed by atoms with Crippen molar-refractivity contribution in [3.8, 4) is 0 Å². The first kappa shape index (κ1) is 13.3. The summed E-state index contributed by atoms with van der Waals surface area (Å²) in [6, 6.07) is 0.292. The molecular weight excluding hydrogens is 182 g/mol. The van der Waals surface area contributed by atoms with Crippen LogP contribution in [0.25, 0.3) is 0 Å². The lowest BCUT2D eigenvalue weighted by Crippen LogP contribution is -2.37. The summed E-state index contributed by atoms with van der Waals surface area (Å²) >= 11 is 1.92. The highest BCUT2D eigenvalue weighted by atomic mass is 32.2. The summed E-state index contributed by atoms with van der Waals surface area (Å²) in [6.45, 7) is 7.42. The van der Waals surface area contributed by atoms with Gasteiger partial charge in [-0.2, -0.15) is 11.8 Å². The largest absolute Gasteiger partial charge is 0.385 e. The highest BCUT2D eigenvalue weighted by molar-refractivity contribution is 7.99. The minimum atomic E-state index is 0.230. The molecular formula is C10H23NOS. The zero-order valence-corrected chi connectivity index (χ0v) is 10.1. The van der Waals surface area contributed by atoms with Crippen molar-refractivity contribution in [3.05, 3.63) is 0 Å². The zero-order valence-electron chi connectivity index (χ0n) is 9.30. The molecule has 0 aromatic carbocycles. The Bertz CT molecular complexity index is 123. The first-order chi connectivity index (χ1) is 5.98. The third kappa shape index (κ3) is 7.35. The smallest absolute Gasteiger partial charge is 0.0470 e. The van der Waals surface area contributed by atoms with E-state index in [4.69, 9.17) is 10.5 Å². The van der Waals surface area contributed by atoms with Gasteiger partial charge in [0.2, 0.25) is 0 Å². The zero-order chi connectivity index (χ0) is 10.3. The summed E-state index contributed by atoms with van der Waals surface area (Å²) in [5.74, 6) is 2.20. The van der Waals surface area contributed by atoms with E-state index in [1.807, 2.05) is 11.8 Å². The van der Waals surface area contributed by atoms with Crippen molar-refractivity contribution in [1.29, 1.82) is 0 Å². The fourth-order valence-corrected chi connectivity index (χ4v) is 2.01. The highest BCUT2D eigenvalue weighted by Gasteiger charge is 2.19. The Balaban J connectivity index is 3.32. The molecule has 0 saturated carbocycles. The standard InChI is InChI=1S/C10H23NOS/c1-10(2,3)9(11)8-13-7-5-6-12-4/h9H,5-8,11H2,1-4H3. The van der Waals surface area contributed by atoms with E-state index >= 15 is 0 Å². The van der Waals surface area contributed by atoms with Crippen LogP contribution in [0.2, 0.25) is 0 Å². The van der Waals surface area contributed by atoms with Crippen LogP contribution in [0.15, 0.2) is 0 Å². The molecule has 0 aromatic rings. The number of hydrogen-bond acceptors (Lipinski definition) is 3. The van der Waals surface area contributed by atoms with Gasteiger partial charge in [0.05, 0.1) is 0 Å². The number of nitrogens with two attached hydrogens (primary N) is 1. The predicted molar refractivity (Wildman–Crippen MR) is 61.2 cm³/mol. The van der Waals surface area contributed by atoms with Crippen LogP contribution in [0.4, 0.5) is 0 Å². The van der Waals surface area contributed by atoms with Crippen LogP contribution in [0, 0.1) is 5.41 Å². The van der Waals surface area contributed by atoms with E-state index in [0.29, 0.717) is 6.04 Å². The normalized spacial score (nSPS) is 14.5. The van der Waals surface area contributed by atoms with E-state index < -0.39 is 0 Å². The Hall–Kier alpha value is 0.270. The first-order valence-corrected chi connectivity index (χ1v) is 5.96. The molecule has 0 aliphatic carbocycles. The summed E-state index contributed by atoms with van der Waals surface area (Å²) in [5.41, 5.74) is 6.24. The molecule has 0 aromatic heterocycles. The molecule has 0 rings (SSSR count). The lowest BCUT2D eigenvalue weighted by molar-refractivity contribution is 0.200. The molecule has 3 heteroatoms. The number of ether oxygens (including phenoxy) is 1. The van der Waals surface area contributed by atoms with Gasteiger partial charge in [-0.3, -0.25) is 0 Å². The molecule has 0 aliphatic heterocycles. The topological polar surface area (TPSA) is 35.2 Å². The molecule has 0 saturated heterocycles. The fourth-order valence-electron chi connectivity index (χ4n) is 0.766. The molecule has 0 bridgehead atoms. The van der Waals surface area contributed by atoms with E-state index in [1.165, 1.54) is 0 Å². The van der Waals surface area contributed by atoms with Crippen molar-refractivity contribution in [3.63, 3.8) is 0 Å². The molecule has 80 valence electrons. The monoisotopic (exact) mass is 205 g/mol. The van der Waals surface area contributed by atoms with Gasteiger partial charge in [-0.05, 0) is 17.6 Å². The average Bonchev–Trinajstić information content (AvgIpc) is 2.02. The predicted octanol–water partition coefficient (Wildman–Crippen LogP) is 2.13. The maximum absolute atomic E-state index is 6.01. The van der Waals surface area contributed by atoms with Gasteiger partial charge in [-0.15, -0.1) is 0 Å². The van der Waals surface area contributed by atoms with E-state index in [9.17, 15) is 0 Å². The first-order valence-electron chi connectivity index (χ1n) is 4.80. The number of thioether (sulfide) groups is 1. The Morgan fingerprint density at radius 3 is 2.46 bits per heavy atom. The van der Waals surface area contributed by atoms with Gasteiger partial charge >= 0.3 is 0 Å². The molecule has 0 heterocycles. The molecule has 2 N–H and O–H groups in total. The SMILES string of the molecule is COCCCSCC(N)C(C)(C)C. The molecule has 0 radical (unpaired) electrons. The van der Waals surface area contributed by atoms with Crippen molar-refractivity contribution in [2.45, 2.75) is 33.2 Å². The summed E-state index contributed by atoms with van der Waals surface area (Å²) in [4.78, 5) is 0. The van der Waals surface area contributed by atoms with E-state index in [0.717, 1.165) is 24.5 Å². The Morgan fingerprint density at radius 2 is 2.00 bits per heavy atom. The van der Waals surface area contributed by atoms with Crippen LogP contribution in [0.3, 0.4) is 0 Å². The van der Waals surface area contributed by atoms with Gasteiger partial charge in [-0.25, -0.2) is 0 Å². The second-order valence-electron chi connectivity index (χ2n) is 4.39. The summed E-state index contributed by atoms with van der Waals surface area (Å²) in [7, 11) is 1.74. The van der Waals surface area contributed by atoms with Crippen LogP contribution >= 0.6 is 11.8 Å². The molecule has 13 heavy (non-hydrogen) atoms. The quantitative estimate of drug-likeness (QED) is 0.675. The van der Waals surface area contributed by atoms with Gasteiger partial charge in [0, 0.05) is 25.5 Å². The summed E-state index contributed by atoms with van der Waals surface area (Å²) in [5, 5.41) is 0. The fraction of sp³-hybridized carbons (Fsp3) is 1.00. The Labute approximate surface area is 86.6 Å². The van der Waals surface area contributed by atoms with Gasteiger partial charge in [-0.1, -0.05) is 20.8 Å². The van der Waals surface area contributed by atoms with Crippen molar-refractivity contribution < 1.29 is 4.74 Å². The van der Waals surface area contributed by atoms with Crippen LogP contribution in [0.1, 0.15) is 27.2 Å². The Morgan fingerprint density at radius 1 is 1.38 bits per heavy atom. The molecule has 0 amide bonds. The number of methoxy groups -OCH3 is 1. The van der Waals surface area contributed by atoms with Gasteiger partial charge in [0.25, 0.3) is 0 Å². The molecule has 1 unspecified atom stereocenters. The van der Waals surface area contributed by atoms with Gasteiger partial charge in [0.1, 0.15) is 0 Å². The number of hydrogen-bond donors (Lipinski definition) is 1. The van der Waals surface area contributed by atoms with Crippen LogP contribution in [-0.4, -0.2) is 31.3 Å². The number of rotatable bonds is 6. The van der Waals surface area contributed by atoms with Crippen molar-refractivity contribution >= 4 is 11.8 Å². The average molecular weight is 205 g/mol. The Kier molecular flexibility index (Phi) is 6.82. The van der Waals surface area contributed by atoms with Crippen molar-refractivity contribution in [2.75, 3.05) is 25.2 Å². The van der Waals surface area contributed by atoms with Crippen molar-refractivity contribution in [1.82, 2.24) is 0 Å². The van der Waals surface area contributed by atoms with Crippen LogP contribution < -0.4 is 5.73 Å². The van der Waals surface area contributed by atoms with Crippen LogP contribution in [-0.2, 0) is 4.74 Å². The maximum Gasteiger partial charge on any atom is 0.0470 e. The third-order valence-corrected chi connectivity index (χ3v) is 3.22. The van der Waals surface area contributed by atoms with Crippen LogP contribution in [0.5, 0.6) is 0 Å². The minimum Gasteiger partial charge on any atom is -0.385 e. The third-order valence-electron chi connectivity index (χ3n) is 2.05. The van der Waals surface area contributed by atoms with E-state index in [2.05, 4.69) is 20.8 Å². The molecule has 0 spiro atoms. The van der Waals surface area contributed by atoms with Crippen molar-refractivity contribution in [2.24, 2.45) is 11.1 Å². The lowest BCUT2D eigenvalue weighted by Gasteiger charge is -2.26. The van der Waals surface area contributed by atoms with Gasteiger partial charge in [0.15, 0.2) is 0 Å². The second-order valence-corrected chi connectivity index (χ2v) is 5.54. The molecule has 0 fully saturated rings. The van der Waals surface area contributed by atoms with Gasteiger partial charge < -0.3 is 10.5 Å². The minimum absolute atomic E-state index is 0.230. The second kappa shape index (κ2) is 6.68. The lowest BCUT2D eigenvalue weighted by atomic mass is 9.89. The summed E-state index contributed by atoms with van der Waals surface area (Å²) in [6.07, 6.45) is 1.12.